The molecule has 0 bridgehead atoms. The van der Waals surface area contributed by atoms with Crippen molar-refractivity contribution < 1.29 is 28.6 Å². The van der Waals surface area contributed by atoms with Crippen molar-refractivity contribution in [2.45, 2.75) is 6.42 Å². The maximum Gasteiger partial charge on any atom is 0.338 e. The smallest absolute Gasteiger partial charge is 0.338 e. The molecule has 0 spiro atoms. The average molecular weight is 397 g/mol. The first kappa shape index (κ1) is 21.2. The van der Waals surface area contributed by atoms with Crippen LogP contribution in [0.3, 0.4) is 0 Å². The standard InChI is InChI=1S/C20H19N3O6/c1-27-15-7-8-17(28-2)16(11-15)23-19(25)12-29-20(26)13-3-5-14(6-4-13)22-18(24)9-10-21/h3-8,11H,9,12H2,1-2H3,(H,22,24)(H,23,25). The second-order valence-electron chi connectivity index (χ2n) is 5.65. The average Bonchev–Trinajstić information content (AvgIpc) is 2.72. The third kappa shape index (κ3) is 6.25. The Morgan fingerprint density at radius 1 is 0.966 bits per heavy atom. The fourth-order valence-corrected chi connectivity index (χ4v) is 2.28. The van der Waals surface area contributed by atoms with E-state index in [0.717, 1.165) is 0 Å². The predicted octanol–water partition coefficient (Wildman–Crippen LogP) is 2.35. The van der Waals surface area contributed by atoms with E-state index in [-0.39, 0.29) is 12.0 Å². The molecule has 0 saturated carbocycles. The van der Waals surface area contributed by atoms with Gasteiger partial charge >= 0.3 is 5.97 Å². The molecule has 9 nitrogen and oxygen atoms in total. The first-order valence-corrected chi connectivity index (χ1v) is 8.42. The summed E-state index contributed by atoms with van der Waals surface area (Å²) in [4.78, 5) is 35.5. The third-order valence-corrected chi connectivity index (χ3v) is 3.66. The van der Waals surface area contributed by atoms with E-state index in [1.54, 1.807) is 24.3 Å². The summed E-state index contributed by atoms with van der Waals surface area (Å²) in [6, 6.07) is 12.5. The molecule has 2 aromatic rings. The van der Waals surface area contributed by atoms with Crippen LogP contribution in [0.4, 0.5) is 11.4 Å². The Balaban J connectivity index is 1.91. The molecule has 9 heteroatoms. The van der Waals surface area contributed by atoms with E-state index in [1.807, 2.05) is 0 Å². The molecular weight excluding hydrogens is 378 g/mol. The molecule has 0 saturated heterocycles. The van der Waals surface area contributed by atoms with Crippen molar-refractivity contribution in [3.05, 3.63) is 48.0 Å². The van der Waals surface area contributed by atoms with Crippen LogP contribution in [-0.4, -0.2) is 38.6 Å². The van der Waals surface area contributed by atoms with E-state index in [4.69, 9.17) is 19.5 Å². The number of nitriles is 1. The third-order valence-electron chi connectivity index (χ3n) is 3.66. The lowest BCUT2D eigenvalue weighted by Crippen LogP contribution is -2.21. The van der Waals surface area contributed by atoms with Crippen LogP contribution in [0.15, 0.2) is 42.5 Å². The minimum absolute atomic E-state index is 0.204. The van der Waals surface area contributed by atoms with Gasteiger partial charge in [0.2, 0.25) is 5.91 Å². The highest BCUT2D eigenvalue weighted by Gasteiger charge is 2.13. The molecule has 0 atom stereocenters. The Morgan fingerprint density at radius 2 is 1.69 bits per heavy atom. The van der Waals surface area contributed by atoms with Crippen LogP contribution in [0.1, 0.15) is 16.8 Å². The molecule has 0 aromatic heterocycles. The van der Waals surface area contributed by atoms with Gasteiger partial charge in [0.15, 0.2) is 6.61 Å². The van der Waals surface area contributed by atoms with Crippen LogP contribution in [0, 0.1) is 11.3 Å². The van der Waals surface area contributed by atoms with Gasteiger partial charge in [-0.25, -0.2) is 4.79 Å². The number of carbonyl (C=O) groups excluding carboxylic acids is 3. The number of benzene rings is 2. The fraction of sp³-hybridized carbons (Fsp3) is 0.200. The van der Waals surface area contributed by atoms with Gasteiger partial charge in [-0.3, -0.25) is 9.59 Å². The molecule has 2 aromatic carbocycles. The summed E-state index contributed by atoms with van der Waals surface area (Å²) in [5.41, 5.74) is 1.02. The molecule has 0 unspecified atom stereocenters. The lowest BCUT2D eigenvalue weighted by atomic mass is 10.2. The van der Waals surface area contributed by atoms with Crippen molar-refractivity contribution in [1.82, 2.24) is 0 Å². The molecule has 0 aliphatic heterocycles. The SMILES string of the molecule is COc1ccc(OC)c(NC(=O)COC(=O)c2ccc(NC(=O)CC#N)cc2)c1. The second-order valence-corrected chi connectivity index (χ2v) is 5.65. The van der Waals surface area contributed by atoms with Crippen LogP contribution in [-0.2, 0) is 14.3 Å². The van der Waals surface area contributed by atoms with Crippen molar-refractivity contribution in [2.75, 3.05) is 31.5 Å². The zero-order chi connectivity index (χ0) is 21.2. The van der Waals surface area contributed by atoms with Crippen molar-refractivity contribution in [3.8, 4) is 17.6 Å². The molecule has 0 radical (unpaired) electrons. The van der Waals surface area contributed by atoms with Gasteiger partial charge < -0.3 is 24.8 Å². The number of nitrogens with zero attached hydrogens (tertiary/aromatic N) is 1. The lowest BCUT2D eigenvalue weighted by molar-refractivity contribution is -0.119. The van der Waals surface area contributed by atoms with Gasteiger partial charge in [0.25, 0.3) is 5.91 Å². The zero-order valence-corrected chi connectivity index (χ0v) is 15.9. The molecular formula is C20H19N3O6. The summed E-state index contributed by atoms with van der Waals surface area (Å²) in [6.07, 6.45) is -0.267. The van der Waals surface area contributed by atoms with E-state index >= 15 is 0 Å². The number of rotatable bonds is 8. The van der Waals surface area contributed by atoms with E-state index in [1.165, 1.54) is 38.5 Å². The second kappa shape index (κ2) is 10.3. The quantitative estimate of drug-likeness (QED) is 0.655. The Morgan fingerprint density at radius 3 is 2.31 bits per heavy atom. The Bertz CT molecular complexity index is 934. The van der Waals surface area contributed by atoms with Crippen molar-refractivity contribution >= 4 is 29.2 Å². The molecule has 0 heterocycles. The van der Waals surface area contributed by atoms with Crippen LogP contribution in [0.5, 0.6) is 11.5 Å². The van der Waals surface area contributed by atoms with E-state index < -0.39 is 24.4 Å². The van der Waals surface area contributed by atoms with Crippen molar-refractivity contribution in [2.24, 2.45) is 0 Å². The highest BCUT2D eigenvalue weighted by atomic mass is 16.5. The number of anilines is 2. The molecule has 2 rings (SSSR count). The van der Waals surface area contributed by atoms with Gasteiger partial charge in [-0.2, -0.15) is 5.26 Å². The van der Waals surface area contributed by atoms with Crippen molar-refractivity contribution in [3.63, 3.8) is 0 Å². The Labute approximate surface area is 167 Å². The maximum atomic E-state index is 12.1. The van der Waals surface area contributed by atoms with Crippen LogP contribution in [0.25, 0.3) is 0 Å². The predicted molar refractivity (Wildman–Crippen MR) is 104 cm³/mol. The summed E-state index contributed by atoms with van der Waals surface area (Å²) in [5.74, 6) is -0.745. The van der Waals surface area contributed by atoms with Gasteiger partial charge in [0, 0.05) is 11.8 Å². The molecule has 0 fully saturated rings. The number of methoxy groups -OCH3 is 2. The normalized spacial score (nSPS) is 9.69. The Hall–Kier alpha value is -4.06. The van der Waals surface area contributed by atoms with E-state index in [9.17, 15) is 14.4 Å². The molecule has 29 heavy (non-hydrogen) atoms. The van der Waals surface area contributed by atoms with Gasteiger partial charge in [0.05, 0.1) is 31.5 Å². The highest BCUT2D eigenvalue weighted by molar-refractivity contribution is 5.97. The van der Waals surface area contributed by atoms with Gasteiger partial charge in [-0.1, -0.05) is 0 Å². The number of hydrogen-bond acceptors (Lipinski definition) is 7. The first-order chi connectivity index (χ1) is 14.0. The summed E-state index contributed by atoms with van der Waals surface area (Å²) in [6.45, 7) is -0.500. The van der Waals surface area contributed by atoms with E-state index in [2.05, 4.69) is 10.6 Å². The number of ether oxygens (including phenoxy) is 3. The van der Waals surface area contributed by atoms with E-state index in [0.29, 0.717) is 22.9 Å². The van der Waals surface area contributed by atoms with Crippen molar-refractivity contribution in [1.29, 1.82) is 5.26 Å². The Kier molecular flexibility index (Phi) is 7.56. The summed E-state index contributed by atoms with van der Waals surface area (Å²) < 4.78 is 15.3. The van der Waals surface area contributed by atoms with Gasteiger partial charge in [-0.05, 0) is 36.4 Å². The maximum absolute atomic E-state index is 12.1. The summed E-state index contributed by atoms with van der Waals surface area (Å²) in [5, 5.41) is 13.6. The summed E-state index contributed by atoms with van der Waals surface area (Å²) >= 11 is 0. The zero-order valence-electron chi connectivity index (χ0n) is 15.9. The number of esters is 1. The largest absolute Gasteiger partial charge is 0.497 e. The monoisotopic (exact) mass is 397 g/mol. The topological polar surface area (TPSA) is 127 Å². The molecule has 150 valence electrons. The molecule has 0 aliphatic carbocycles. The number of amides is 2. The number of hydrogen-bond donors (Lipinski definition) is 2. The van der Waals surface area contributed by atoms with Crippen LogP contribution in [0.2, 0.25) is 0 Å². The van der Waals surface area contributed by atoms with Gasteiger partial charge in [0.1, 0.15) is 17.9 Å². The minimum atomic E-state index is -0.701. The molecule has 2 N–H and O–H groups in total. The first-order valence-electron chi connectivity index (χ1n) is 8.42. The number of carbonyl (C=O) groups is 3. The lowest BCUT2D eigenvalue weighted by Gasteiger charge is -2.12. The molecule has 2 amide bonds. The van der Waals surface area contributed by atoms with Crippen LogP contribution < -0.4 is 20.1 Å². The summed E-state index contributed by atoms with van der Waals surface area (Å²) in [7, 11) is 2.96. The minimum Gasteiger partial charge on any atom is -0.497 e. The van der Waals surface area contributed by atoms with Gasteiger partial charge in [-0.15, -0.1) is 0 Å². The highest BCUT2D eigenvalue weighted by Crippen LogP contribution is 2.28. The number of nitrogens with one attached hydrogen (secondary N) is 2. The van der Waals surface area contributed by atoms with Crippen LogP contribution >= 0.6 is 0 Å². The fourth-order valence-electron chi connectivity index (χ4n) is 2.28. The molecule has 0 aliphatic rings.